The minimum atomic E-state index is -3.53. The molecule has 5 heteroatoms. The average Bonchev–Trinajstić information content (AvgIpc) is 2.89. The van der Waals surface area contributed by atoms with Crippen molar-refractivity contribution in [3.63, 3.8) is 0 Å². The Morgan fingerprint density at radius 1 is 1.20 bits per heavy atom. The molecular weight excluding hydrogens is 277 g/mol. The van der Waals surface area contributed by atoms with E-state index in [1.165, 1.54) is 24.3 Å². The molecule has 0 unspecified atom stereocenters. The number of hydrogen-bond donors (Lipinski definition) is 0. The molecular formula is C15H22FNO2S. The van der Waals surface area contributed by atoms with Crippen LogP contribution in [0.4, 0.5) is 4.39 Å². The maximum atomic E-state index is 13.0. The van der Waals surface area contributed by atoms with Gasteiger partial charge in [-0.25, -0.2) is 12.8 Å². The number of benzene rings is 1. The van der Waals surface area contributed by atoms with Crippen molar-refractivity contribution in [2.45, 2.75) is 50.5 Å². The highest BCUT2D eigenvalue weighted by molar-refractivity contribution is 7.89. The molecule has 1 fully saturated rings. The van der Waals surface area contributed by atoms with Gasteiger partial charge in [0.25, 0.3) is 0 Å². The second-order valence-corrected chi connectivity index (χ2v) is 7.75. The smallest absolute Gasteiger partial charge is 0.207 e. The SMILES string of the molecule is CC(C)CN(C1CCCC1)S(=O)(=O)c1ccc(F)cc1. The molecule has 1 saturated carbocycles. The van der Waals surface area contributed by atoms with Crippen molar-refractivity contribution in [1.29, 1.82) is 0 Å². The standard InChI is InChI=1S/C15H22FNO2S/c1-12(2)11-17(14-5-3-4-6-14)20(18,19)15-9-7-13(16)8-10-15/h7-10,12,14H,3-6,11H2,1-2H3. The van der Waals surface area contributed by atoms with Gasteiger partial charge in [0.05, 0.1) is 4.90 Å². The molecule has 0 aliphatic heterocycles. The van der Waals surface area contributed by atoms with Gasteiger partial charge in [-0.3, -0.25) is 0 Å². The second-order valence-electron chi connectivity index (χ2n) is 5.86. The van der Waals surface area contributed by atoms with Gasteiger partial charge in [-0.05, 0) is 43.0 Å². The molecule has 1 aromatic carbocycles. The first kappa shape index (κ1) is 15.4. The second kappa shape index (κ2) is 6.22. The van der Waals surface area contributed by atoms with Gasteiger partial charge in [-0.2, -0.15) is 4.31 Å². The number of rotatable bonds is 5. The van der Waals surface area contributed by atoms with E-state index in [1.807, 2.05) is 13.8 Å². The van der Waals surface area contributed by atoms with Crippen LogP contribution in [0.25, 0.3) is 0 Å². The minimum absolute atomic E-state index is 0.0902. The molecule has 20 heavy (non-hydrogen) atoms. The van der Waals surface area contributed by atoms with E-state index in [0.29, 0.717) is 6.54 Å². The summed E-state index contributed by atoms with van der Waals surface area (Å²) in [6.07, 6.45) is 4.01. The van der Waals surface area contributed by atoms with Crippen molar-refractivity contribution in [2.24, 2.45) is 5.92 Å². The Labute approximate surface area is 120 Å². The lowest BCUT2D eigenvalue weighted by Gasteiger charge is -2.29. The lowest BCUT2D eigenvalue weighted by Crippen LogP contribution is -2.41. The van der Waals surface area contributed by atoms with Crippen molar-refractivity contribution in [3.8, 4) is 0 Å². The summed E-state index contributed by atoms with van der Waals surface area (Å²) in [4.78, 5) is 0.187. The van der Waals surface area contributed by atoms with Gasteiger partial charge in [0.1, 0.15) is 5.82 Å². The Morgan fingerprint density at radius 2 is 1.75 bits per heavy atom. The van der Waals surface area contributed by atoms with Crippen LogP contribution in [-0.4, -0.2) is 25.3 Å². The molecule has 0 heterocycles. The van der Waals surface area contributed by atoms with Gasteiger partial charge in [0, 0.05) is 12.6 Å². The van der Waals surface area contributed by atoms with E-state index in [4.69, 9.17) is 0 Å². The Hall–Kier alpha value is -0.940. The molecule has 0 saturated heterocycles. The molecule has 2 rings (SSSR count). The van der Waals surface area contributed by atoms with Gasteiger partial charge in [0.2, 0.25) is 10.0 Å². The van der Waals surface area contributed by atoms with Crippen molar-refractivity contribution in [1.82, 2.24) is 4.31 Å². The van der Waals surface area contributed by atoms with Crippen LogP contribution < -0.4 is 0 Å². The van der Waals surface area contributed by atoms with Crippen molar-refractivity contribution in [3.05, 3.63) is 30.1 Å². The molecule has 1 aliphatic rings. The predicted molar refractivity (Wildman–Crippen MR) is 77.4 cm³/mol. The highest BCUT2D eigenvalue weighted by Crippen LogP contribution is 2.29. The fourth-order valence-corrected chi connectivity index (χ4v) is 4.59. The monoisotopic (exact) mass is 299 g/mol. The lowest BCUT2D eigenvalue weighted by molar-refractivity contribution is 0.292. The van der Waals surface area contributed by atoms with Crippen LogP contribution in [0.3, 0.4) is 0 Å². The zero-order chi connectivity index (χ0) is 14.8. The Balaban J connectivity index is 2.32. The first-order chi connectivity index (χ1) is 9.41. The van der Waals surface area contributed by atoms with Crippen LogP contribution in [-0.2, 0) is 10.0 Å². The fourth-order valence-electron chi connectivity index (χ4n) is 2.74. The summed E-state index contributed by atoms with van der Waals surface area (Å²) in [6.45, 7) is 4.55. The lowest BCUT2D eigenvalue weighted by atomic mass is 10.2. The van der Waals surface area contributed by atoms with Crippen molar-refractivity contribution >= 4 is 10.0 Å². The quantitative estimate of drug-likeness (QED) is 0.835. The predicted octanol–water partition coefficient (Wildman–Crippen LogP) is 3.42. The van der Waals surface area contributed by atoms with E-state index in [9.17, 15) is 12.8 Å². The van der Waals surface area contributed by atoms with Crippen molar-refractivity contribution in [2.75, 3.05) is 6.54 Å². The summed E-state index contributed by atoms with van der Waals surface area (Å²) in [6, 6.07) is 5.21. The Morgan fingerprint density at radius 3 is 2.25 bits per heavy atom. The van der Waals surface area contributed by atoms with Crippen LogP contribution in [0.5, 0.6) is 0 Å². The third-order valence-electron chi connectivity index (χ3n) is 3.70. The van der Waals surface area contributed by atoms with Gasteiger partial charge >= 0.3 is 0 Å². The molecule has 3 nitrogen and oxygen atoms in total. The maximum Gasteiger partial charge on any atom is 0.243 e. The van der Waals surface area contributed by atoms with Gasteiger partial charge < -0.3 is 0 Å². The van der Waals surface area contributed by atoms with Crippen LogP contribution in [0.2, 0.25) is 0 Å². The maximum absolute atomic E-state index is 13.0. The number of sulfonamides is 1. The third kappa shape index (κ3) is 3.38. The van der Waals surface area contributed by atoms with E-state index in [1.54, 1.807) is 4.31 Å². The van der Waals surface area contributed by atoms with Crippen LogP contribution in [0.15, 0.2) is 29.2 Å². The summed E-state index contributed by atoms with van der Waals surface area (Å²) < 4.78 is 40.1. The van der Waals surface area contributed by atoms with E-state index < -0.39 is 15.8 Å². The van der Waals surface area contributed by atoms with Crippen molar-refractivity contribution < 1.29 is 12.8 Å². The first-order valence-corrected chi connectivity index (χ1v) is 8.62. The normalized spacial score (nSPS) is 17.2. The Bertz CT molecular complexity index is 533. The molecule has 0 atom stereocenters. The van der Waals surface area contributed by atoms with E-state index >= 15 is 0 Å². The average molecular weight is 299 g/mol. The molecule has 0 amide bonds. The fraction of sp³-hybridized carbons (Fsp3) is 0.600. The molecule has 0 radical (unpaired) electrons. The Kier molecular flexibility index (Phi) is 4.81. The molecule has 0 bridgehead atoms. The zero-order valence-electron chi connectivity index (χ0n) is 12.0. The number of nitrogens with zero attached hydrogens (tertiary/aromatic N) is 1. The number of halogens is 1. The molecule has 1 aromatic rings. The topological polar surface area (TPSA) is 37.4 Å². The summed E-state index contributed by atoms with van der Waals surface area (Å²) in [7, 11) is -3.53. The van der Waals surface area contributed by atoms with Crippen LogP contribution in [0, 0.1) is 11.7 Å². The largest absolute Gasteiger partial charge is 0.243 e. The summed E-state index contributed by atoms with van der Waals surface area (Å²) in [5, 5.41) is 0. The third-order valence-corrected chi connectivity index (χ3v) is 5.63. The molecule has 0 aromatic heterocycles. The van der Waals surface area contributed by atoms with E-state index in [-0.39, 0.29) is 16.9 Å². The number of hydrogen-bond acceptors (Lipinski definition) is 2. The summed E-state index contributed by atoms with van der Waals surface area (Å²) >= 11 is 0. The van der Waals surface area contributed by atoms with Crippen LogP contribution in [0.1, 0.15) is 39.5 Å². The molecule has 0 N–H and O–H groups in total. The highest BCUT2D eigenvalue weighted by Gasteiger charge is 2.33. The molecule has 1 aliphatic carbocycles. The molecule has 112 valence electrons. The van der Waals surface area contributed by atoms with E-state index in [0.717, 1.165) is 25.7 Å². The van der Waals surface area contributed by atoms with E-state index in [2.05, 4.69) is 0 Å². The van der Waals surface area contributed by atoms with Gasteiger partial charge in [-0.1, -0.05) is 26.7 Å². The first-order valence-electron chi connectivity index (χ1n) is 7.18. The minimum Gasteiger partial charge on any atom is -0.207 e. The van der Waals surface area contributed by atoms with Crippen LogP contribution >= 0.6 is 0 Å². The van der Waals surface area contributed by atoms with Gasteiger partial charge in [0.15, 0.2) is 0 Å². The molecule has 0 spiro atoms. The summed E-state index contributed by atoms with van der Waals surface area (Å²) in [5.74, 6) is -0.147. The zero-order valence-corrected chi connectivity index (χ0v) is 12.9. The van der Waals surface area contributed by atoms with Gasteiger partial charge in [-0.15, -0.1) is 0 Å². The summed E-state index contributed by atoms with van der Waals surface area (Å²) in [5.41, 5.74) is 0. The highest BCUT2D eigenvalue weighted by atomic mass is 32.2.